The first-order valence-electron chi connectivity index (χ1n) is 5.28. The first kappa shape index (κ1) is 13.3. The van der Waals surface area contributed by atoms with Crippen molar-refractivity contribution in [3.63, 3.8) is 0 Å². The number of hydrogen-bond acceptors (Lipinski definition) is 3. The Hall–Kier alpha value is -0.740. The van der Waals surface area contributed by atoms with Crippen molar-refractivity contribution in [1.82, 2.24) is 0 Å². The van der Waals surface area contributed by atoms with E-state index in [1.807, 2.05) is 6.26 Å². The van der Waals surface area contributed by atoms with Crippen LogP contribution in [0.1, 0.15) is 25.0 Å². The Balaban J connectivity index is 2.71. The molecule has 1 aromatic rings. The molecule has 0 heterocycles. The number of halogens is 1. The summed E-state index contributed by atoms with van der Waals surface area (Å²) >= 11 is 1.66. The van der Waals surface area contributed by atoms with Crippen LogP contribution in [0.15, 0.2) is 18.2 Å². The minimum Gasteiger partial charge on any atom is -0.491 e. The van der Waals surface area contributed by atoms with E-state index in [9.17, 15) is 9.50 Å². The van der Waals surface area contributed by atoms with Gasteiger partial charge in [0.25, 0.3) is 0 Å². The maximum absolute atomic E-state index is 13.5. The van der Waals surface area contributed by atoms with E-state index in [-0.39, 0.29) is 5.75 Å². The van der Waals surface area contributed by atoms with E-state index in [1.54, 1.807) is 30.8 Å². The highest BCUT2D eigenvalue weighted by Crippen LogP contribution is 2.24. The lowest BCUT2D eigenvalue weighted by Gasteiger charge is -2.12. The van der Waals surface area contributed by atoms with Gasteiger partial charge in [0.2, 0.25) is 0 Å². The Morgan fingerprint density at radius 2 is 2.25 bits per heavy atom. The van der Waals surface area contributed by atoms with Crippen molar-refractivity contribution in [3.8, 4) is 5.75 Å². The molecule has 1 rings (SSSR count). The first-order chi connectivity index (χ1) is 7.69. The standard InChI is InChI=1S/C12H17FO2S/c1-3-15-12-5-4-9(8-10(12)13)11(14)6-7-16-2/h4-5,8,11,14H,3,6-7H2,1-2H3. The highest BCUT2D eigenvalue weighted by Gasteiger charge is 2.10. The van der Waals surface area contributed by atoms with E-state index in [0.29, 0.717) is 18.6 Å². The zero-order valence-corrected chi connectivity index (χ0v) is 10.4. The van der Waals surface area contributed by atoms with Gasteiger partial charge in [-0.2, -0.15) is 11.8 Å². The van der Waals surface area contributed by atoms with E-state index in [1.165, 1.54) is 6.07 Å². The van der Waals surface area contributed by atoms with Crippen LogP contribution in [0.4, 0.5) is 4.39 Å². The number of rotatable bonds is 6. The van der Waals surface area contributed by atoms with Crippen LogP contribution < -0.4 is 4.74 Å². The fourth-order valence-corrected chi connectivity index (χ4v) is 1.85. The summed E-state index contributed by atoms with van der Waals surface area (Å²) in [6, 6.07) is 4.62. The van der Waals surface area contributed by atoms with Gasteiger partial charge in [-0.25, -0.2) is 4.39 Å². The summed E-state index contributed by atoms with van der Waals surface area (Å²) in [7, 11) is 0. The molecule has 1 atom stereocenters. The summed E-state index contributed by atoms with van der Waals surface area (Å²) in [5, 5.41) is 9.78. The highest BCUT2D eigenvalue weighted by atomic mass is 32.2. The maximum atomic E-state index is 13.5. The van der Waals surface area contributed by atoms with Crippen molar-refractivity contribution in [2.75, 3.05) is 18.6 Å². The average molecular weight is 244 g/mol. The smallest absolute Gasteiger partial charge is 0.165 e. The molecule has 0 radical (unpaired) electrons. The summed E-state index contributed by atoms with van der Waals surface area (Å²) in [4.78, 5) is 0. The zero-order chi connectivity index (χ0) is 12.0. The Kier molecular flexibility index (Phi) is 5.63. The molecular formula is C12H17FO2S. The molecular weight excluding hydrogens is 227 g/mol. The largest absolute Gasteiger partial charge is 0.491 e. The molecule has 0 saturated carbocycles. The van der Waals surface area contributed by atoms with Crippen LogP contribution in [0.2, 0.25) is 0 Å². The molecule has 0 aliphatic carbocycles. The van der Waals surface area contributed by atoms with Gasteiger partial charge in [-0.1, -0.05) is 6.07 Å². The molecule has 90 valence electrons. The van der Waals surface area contributed by atoms with Gasteiger partial charge in [-0.3, -0.25) is 0 Å². The normalized spacial score (nSPS) is 12.5. The summed E-state index contributed by atoms with van der Waals surface area (Å²) in [6.45, 7) is 2.24. The Morgan fingerprint density at radius 3 is 2.81 bits per heavy atom. The monoisotopic (exact) mass is 244 g/mol. The van der Waals surface area contributed by atoms with Crippen molar-refractivity contribution in [2.24, 2.45) is 0 Å². The lowest BCUT2D eigenvalue weighted by molar-refractivity contribution is 0.174. The minimum absolute atomic E-state index is 0.239. The van der Waals surface area contributed by atoms with Gasteiger partial charge in [-0.15, -0.1) is 0 Å². The van der Waals surface area contributed by atoms with Gasteiger partial charge in [0.05, 0.1) is 12.7 Å². The molecule has 0 aliphatic heterocycles. The van der Waals surface area contributed by atoms with Crippen LogP contribution in [0, 0.1) is 5.82 Å². The highest BCUT2D eigenvalue weighted by molar-refractivity contribution is 7.98. The van der Waals surface area contributed by atoms with Crippen LogP contribution in [0.3, 0.4) is 0 Å². The molecule has 16 heavy (non-hydrogen) atoms. The number of thioether (sulfide) groups is 1. The van der Waals surface area contributed by atoms with Gasteiger partial charge >= 0.3 is 0 Å². The molecule has 0 aromatic heterocycles. The lowest BCUT2D eigenvalue weighted by atomic mass is 10.1. The van der Waals surface area contributed by atoms with E-state index in [2.05, 4.69) is 0 Å². The summed E-state index contributed by atoms with van der Waals surface area (Å²) in [5.74, 6) is 0.682. The molecule has 0 amide bonds. The molecule has 0 spiro atoms. The van der Waals surface area contributed by atoms with Gasteiger partial charge in [0.1, 0.15) is 0 Å². The van der Waals surface area contributed by atoms with E-state index >= 15 is 0 Å². The summed E-state index contributed by atoms with van der Waals surface area (Å²) < 4.78 is 18.6. The average Bonchev–Trinajstić information content (AvgIpc) is 2.29. The van der Waals surface area contributed by atoms with Crippen LogP contribution in [0.25, 0.3) is 0 Å². The molecule has 0 saturated heterocycles. The molecule has 1 aromatic carbocycles. The predicted octanol–water partition coefficient (Wildman–Crippen LogP) is 3.01. The SMILES string of the molecule is CCOc1ccc(C(O)CCSC)cc1F. The molecule has 1 unspecified atom stereocenters. The third-order valence-electron chi connectivity index (χ3n) is 2.24. The molecule has 2 nitrogen and oxygen atoms in total. The topological polar surface area (TPSA) is 29.5 Å². The molecule has 0 fully saturated rings. The number of aliphatic hydroxyl groups is 1. The van der Waals surface area contributed by atoms with Gasteiger partial charge in [0, 0.05) is 0 Å². The Bertz CT molecular complexity index is 331. The Labute approximate surface area is 99.8 Å². The Morgan fingerprint density at radius 1 is 1.50 bits per heavy atom. The van der Waals surface area contributed by atoms with Crippen molar-refractivity contribution in [1.29, 1.82) is 0 Å². The van der Waals surface area contributed by atoms with Crippen LogP contribution in [0.5, 0.6) is 5.75 Å². The second-order valence-corrected chi connectivity index (χ2v) is 4.41. The van der Waals surface area contributed by atoms with Crippen molar-refractivity contribution in [2.45, 2.75) is 19.4 Å². The maximum Gasteiger partial charge on any atom is 0.165 e. The summed E-state index contributed by atoms with van der Waals surface area (Å²) in [5.41, 5.74) is 0.606. The predicted molar refractivity (Wildman–Crippen MR) is 65.5 cm³/mol. The molecule has 0 bridgehead atoms. The van der Waals surface area contributed by atoms with E-state index in [0.717, 1.165) is 5.75 Å². The molecule has 0 aliphatic rings. The van der Waals surface area contributed by atoms with Crippen molar-refractivity contribution < 1.29 is 14.2 Å². The second kappa shape index (κ2) is 6.76. The third-order valence-corrected chi connectivity index (χ3v) is 2.88. The van der Waals surface area contributed by atoms with Gasteiger partial charge < -0.3 is 9.84 Å². The number of benzene rings is 1. The fraction of sp³-hybridized carbons (Fsp3) is 0.500. The molecule has 4 heteroatoms. The summed E-state index contributed by atoms with van der Waals surface area (Å²) in [6.07, 6.45) is 2.01. The zero-order valence-electron chi connectivity index (χ0n) is 9.57. The van der Waals surface area contributed by atoms with Gasteiger partial charge in [0.15, 0.2) is 11.6 Å². The quantitative estimate of drug-likeness (QED) is 0.834. The van der Waals surface area contributed by atoms with Crippen LogP contribution in [-0.2, 0) is 0 Å². The second-order valence-electron chi connectivity index (χ2n) is 3.42. The van der Waals surface area contributed by atoms with E-state index < -0.39 is 11.9 Å². The molecule has 1 N–H and O–H groups in total. The van der Waals surface area contributed by atoms with E-state index in [4.69, 9.17) is 4.74 Å². The fourth-order valence-electron chi connectivity index (χ4n) is 1.39. The number of hydrogen-bond donors (Lipinski definition) is 1. The van der Waals surface area contributed by atoms with Crippen molar-refractivity contribution >= 4 is 11.8 Å². The van der Waals surface area contributed by atoms with Crippen molar-refractivity contribution in [3.05, 3.63) is 29.6 Å². The third kappa shape index (κ3) is 3.68. The van der Waals surface area contributed by atoms with Gasteiger partial charge in [-0.05, 0) is 43.0 Å². The minimum atomic E-state index is -0.599. The van der Waals surface area contributed by atoms with Crippen LogP contribution >= 0.6 is 11.8 Å². The van der Waals surface area contributed by atoms with Crippen LogP contribution in [-0.4, -0.2) is 23.7 Å². The first-order valence-corrected chi connectivity index (χ1v) is 6.67. The lowest BCUT2D eigenvalue weighted by Crippen LogP contribution is -2.01. The number of aliphatic hydroxyl groups excluding tert-OH is 1. The number of ether oxygens (including phenoxy) is 1.